The number of carbonyl (C=O) groups is 2. The third kappa shape index (κ3) is 5.14. The maximum absolute atomic E-state index is 12.9. The third-order valence-electron chi connectivity index (χ3n) is 7.16. The van der Waals surface area contributed by atoms with E-state index < -0.39 is 13.7 Å². The molecule has 1 aromatic rings. The zero-order chi connectivity index (χ0) is 22.9. The fourth-order valence-electron chi connectivity index (χ4n) is 4.07. The van der Waals surface area contributed by atoms with Crippen molar-refractivity contribution in [1.29, 1.82) is 0 Å². The monoisotopic (exact) mass is 447 g/mol. The van der Waals surface area contributed by atoms with Crippen molar-refractivity contribution in [1.82, 2.24) is 4.90 Å². The van der Waals surface area contributed by atoms with Crippen LogP contribution in [0.5, 0.6) is 0 Å². The van der Waals surface area contributed by atoms with E-state index in [2.05, 4.69) is 33.9 Å². The molecule has 0 bridgehead atoms. The molecule has 2 atom stereocenters. The van der Waals surface area contributed by atoms with Gasteiger partial charge in [0.2, 0.25) is 0 Å². The average molecular weight is 448 g/mol. The second-order valence-corrected chi connectivity index (χ2v) is 15.1. The summed E-state index contributed by atoms with van der Waals surface area (Å²) >= 11 is 0. The molecule has 1 amide bonds. The van der Waals surface area contributed by atoms with E-state index >= 15 is 0 Å². The number of likely N-dealkylation sites (tertiary alicyclic amines) is 1. The molecule has 1 saturated carbocycles. The lowest BCUT2D eigenvalue weighted by molar-refractivity contribution is -0.153. The predicted octanol–water partition coefficient (Wildman–Crippen LogP) is 4.99. The molecule has 6 nitrogen and oxygen atoms in total. The number of nitrogens with zero attached hydrogens (tertiary/aromatic N) is 1. The minimum atomic E-state index is -2.08. The molecule has 1 aromatic carbocycles. The van der Waals surface area contributed by atoms with E-state index in [1.807, 2.05) is 37.3 Å². The Hall–Kier alpha value is -1.86. The summed E-state index contributed by atoms with van der Waals surface area (Å²) in [6.07, 6.45) is 1.05. The van der Waals surface area contributed by atoms with Crippen LogP contribution in [0.15, 0.2) is 30.3 Å². The first-order chi connectivity index (χ1) is 14.5. The van der Waals surface area contributed by atoms with E-state index in [0.29, 0.717) is 19.7 Å². The fourth-order valence-corrected chi connectivity index (χ4v) is 5.42. The van der Waals surface area contributed by atoms with Gasteiger partial charge in [-0.25, -0.2) is 4.79 Å². The van der Waals surface area contributed by atoms with Gasteiger partial charge in [-0.05, 0) is 43.5 Å². The molecule has 31 heavy (non-hydrogen) atoms. The third-order valence-corrected chi connectivity index (χ3v) is 11.7. The number of esters is 1. The zero-order valence-electron chi connectivity index (χ0n) is 19.8. The number of ether oxygens (including phenoxy) is 2. The van der Waals surface area contributed by atoms with E-state index in [-0.39, 0.29) is 35.7 Å². The van der Waals surface area contributed by atoms with Crippen LogP contribution in [0.1, 0.15) is 46.1 Å². The molecule has 2 aliphatic rings. The molecule has 2 fully saturated rings. The van der Waals surface area contributed by atoms with Gasteiger partial charge in [0.05, 0.1) is 18.1 Å². The van der Waals surface area contributed by atoms with Gasteiger partial charge < -0.3 is 18.8 Å². The van der Waals surface area contributed by atoms with Crippen molar-refractivity contribution in [3.8, 4) is 0 Å². The van der Waals surface area contributed by atoms with Crippen LogP contribution in [0, 0.1) is 11.3 Å². The predicted molar refractivity (Wildman–Crippen MR) is 122 cm³/mol. The summed E-state index contributed by atoms with van der Waals surface area (Å²) in [7, 11) is -2.08. The Labute approximate surface area is 187 Å². The molecule has 1 aliphatic carbocycles. The van der Waals surface area contributed by atoms with E-state index in [1.54, 1.807) is 4.90 Å². The van der Waals surface area contributed by atoms with Crippen LogP contribution in [0.25, 0.3) is 0 Å². The van der Waals surface area contributed by atoms with Crippen molar-refractivity contribution in [2.75, 3.05) is 19.7 Å². The van der Waals surface area contributed by atoms with Gasteiger partial charge in [0.25, 0.3) is 0 Å². The van der Waals surface area contributed by atoms with Crippen LogP contribution in [0.2, 0.25) is 18.1 Å². The fraction of sp³-hybridized carbons (Fsp3) is 0.667. The average Bonchev–Trinajstić information content (AvgIpc) is 3.41. The topological polar surface area (TPSA) is 65.1 Å². The lowest BCUT2D eigenvalue weighted by Crippen LogP contribution is -2.48. The smallest absolute Gasteiger partial charge is 0.410 e. The van der Waals surface area contributed by atoms with Crippen molar-refractivity contribution < 1.29 is 23.5 Å². The highest BCUT2D eigenvalue weighted by Crippen LogP contribution is 2.57. The summed E-state index contributed by atoms with van der Waals surface area (Å²) in [6.45, 7) is 14.4. The number of rotatable bonds is 7. The van der Waals surface area contributed by atoms with Crippen LogP contribution in [-0.2, 0) is 25.3 Å². The normalized spacial score (nSPS) is 22.8. The van der Waals surface area contributed by atoms with E-state index in [1.165, 1.54) is 0 Å². The van der Waals surface area contributed by atoms with Gasteiger partial charge in [0.1, 0.15) is 6.61 Å². The Balaban J connectivity index is 1.75. The minimum Gasteiger partial charge on any atom is -0.466 e. The number of amides is 1. The van der Waals surface area contributed by atoms with Crippen LogP contribution in [0.3, 0.4) is 0 Å². The Morgan fingerprint density at radius 2 is 1.74 bits per heavy atom. The van der Waals surface area contributed by atoms with Crippen LogP contribution in [0.4, 0.5) is 4.79 Å². The molecule has 1 saturated heterocycles. The lowest BCUT2D eigenvalue weighted by Gasteiger charge is -2.40. The molecule has 1 heterocycles. The highest BCUT2D eigenvalue weighted by atomic mass is 28.4. The molecule has 1 aliphatic heterocycles. The van der Waals surface area contributed by atoms with E-state index in [9.17, 15) is 9.59 Å². The van der Waals surface area contributed by atoms with E-state index in [0.717, 1.165) is 18.4 Å². The van der Waals surface area contributed by atoms with Crippen molar-refractivity contribution in [2.45, 2.75) is 71.4 Å². The summed E-state index contributed by atoms with van der Waals surface area (Å²) in [4.78, 5) is 27.4. The maximum Gasteiger partial charge on any atom is 0.410 e. The highest BCUT2D eigenvalue weighted by molar-refractivity contribution is 6.74. The van der Waals surface area contributed by atoms with Gasteiger partial charge >= 0.3 is 12.1 Å². The van der Waals surface area contributed by atoms with Gasteiger partial charge in [0.15, 0.2) is 8.32 Å². The molecule has 172 valence electrons. The molecule has 0 radical (unpaired) electrons. The van der Waals surface area contributed by atoms with Gasteiger partial charge in [-0.3, -0.25) is 4.79 Å². The molecule has 0 aromatic heterocycles. The SMILES string of the molecule is CCOC(=O)C1([C@@H]2CN(C(=O)OCc3ccccc3)C[C@H]2O[Si](C)(C)C(C)(C)C)CC1. The standard InChI is InChI=1S/C24H37NO5Si/c1-7-28-21(26)24(13-14-24)19-15-25(16-20(19)30-31(5,6)23(2,3)4)22(27)29-17-18-11-9-8-10-12-18/h8-12,19-20H,7,13-17H2,1-6H3/t19-,20-/m1/s1. The first-order valence-electron chi connectivity index (χ1n) is 11.3. The van der Waals surface area contributed by atoms with Gasteiger partial charge in [-0.1, -0.05) is 51.1 Å². The number of hydrogen-bond acceptors (Lipinski definition) is 5. The second-order valence-electron chi connectivity index (χ2n) is 10.3. The van der Waals surface area contributed by atoms with Crippen molar-refractivity contribution in [2.24, 2.45) is 11.3 Å². The lowest BCUT2D eigenvalue weighted by atomic mass is 9.86. The summed E-state index contributed by atoms with van der Waals surface area (Å²) in [5, 5.41) is 0.0411. The first kappa shape index (κ1) is 23.8. The minimum absolute atomic E-state index is 0.0411. The molecule has 3 rings (SSSR count). The Morgan fingerprint density at radius 1 is 1.10 bits per heavy atom. The molecular weight excluding hydrogens is 410 g/mol. The van der Waals surface area contributed by atoms with Crippen molar-refractivity contribution in [3.63, 3.8) is 0 Å². The van der Waals surface area contributed by atoms with Crippen molar-refractivity contribution in [3.05, 3.63) is 35.9 Å². The molecule has 7 heteroatoms. The Bertz CT molecular complexity index is 785. The van der Waals surface area contributed by atoms with Crippen LogP contribution in [-0.4, -0.2) is 51.1 Å². The number of benzene rings is 1. The van der Waals surface area contributed by atoms with Gasteiger partial charge in [-0.2, -0.15) is 0 Å². The largest absolute Gasteiger partial charge is 0.466 e. The van der Waals surface area contributed by atoms with Crippen molar-refractivity contribution >= 4 is 20.4 Å². The zero-order valence-corrected chi connectivity index (χ0v) is 20.8. The number of hydrogen-bond donors (Lipinski definition) is 0. The van der Waals surface area contributed by atoms with Gasteiger partial charge in [-0.15, -0.1) is 0 Å². The summed E-state index contributed by atoms with van der Waals surface area (Å²) < 4.78 is 17.7. The molecule has 0 unspecified atom stereocenters. The Morgan fingerprint density at radius 3 is 2.29 bits per heavy atom. The summed E-state index contributed by atoms with van der Waals surface area (Å²) in [5.74, 6) is -0.215. The quantitative estimate of drug-likeness (QED) is 0.435. The summed E-state index contributed by atoms with van der Waals surface area (Å²) in [6, 6.07) is 9.65. The van der Waals surface area contributed by atoms with Gasteiger partial charge in [0, 0.05) is 19.0 Å². The first-order valence-corrected chi connectivity index (χ1v) is 14.2. The molecule has 0 spiro atoms. The second kappa shape index (κ2) is 8.94. The van der Waals surface area contributed by atoms with Crippen LogP contribution >= 0.6 is 0 Å². The highest BCUT2D eigenvalue weighted by Gasteiger charge is 2.62. The Kier molecular flexibility index (Phi) is 6.86. The van der Waals surface area contributed by atoms with Crippen LogP contribution < -0.4 is 0 Å². The number of carbonyl (C=O) groups excluding carboxylic acids is 2. The maximum atomic E-state index is 12.9. The summed E-state index contributed by atoms with van der Waals surface area (Å²) in [5.41, 5.74) is 0.420. The van der Waals surface area contributed by atoms with E-state index in [4.69, 9.17) is 13.9 Å². The molecular formula is C24H37NO5Si. The molecule has 0 N–H and O–H groups in total.